The number of pyridine rings is 1. The Bertz CT molecular complexity index is 753. The van der Waals surface area contributed by atoms with Gasteiger partial charge >= 0.3 is 0 Å². The van der Waals surface area contributed by atoms with Crippen molar-refractivity contribution in [3.8, 4) is 0 Å². The van der Waals surface area contributed by atoms with E-state index in [1.165, 1.54) is 10.9 Å². The quantitative estimate of drug-likeness (QED) is 0.746. The topological polar surface area (TPSA) is 24.9 Å². The van der Waals surface area contributed by atoms with Crippen molar-refractivity contribution in [2.75, 3.05) is 5.32 Å². The number of hydrogen-bond acceptors (Lipinski definition) is 2. The van der Waals surface area contributed by atoms with Gasteiger partial charge in [-0.1, -0.05) is 29.8 Å². The highest BCUT2D eigenvalue weighted by atomic mass is 35.5. The Morgan fingerprint density at radius 2 is 1.95 bits per heavy atom. The van der Waals surface area contributed by atoms with Crippen LogP contribution in [0.15, 0.2) is 54.9 Å². The van der Waals surface area contributed by atoms with Gasteiger partial charge in [-0.25, -0.2) is 0 Å². The average Bonchev–Trinajstić information content (AvgIpc) is 2.48. The molecule has 3 heteroatoms. The molecule has 0 bridgehead atoms. The molecule has 0 spiro atoms. The molecule has 0 radical (unpaired) electrons. The second-order valence-electron chi connectivity index (χ2n) is 4.87. The first-order valence-corrected chi connectivity index (χ1v) is 6.93. The Labute approximate surface area is 123 Å². The van der Waals surface area contributed by atoms with Gasteiger partial charge in [-0.3, -0.25) is 4.98 Å². The van der Waals surface area contributed by atoms with Gasteiger partial charge in [0.2, 0.25) is 0 Å². The molecule has 1 N–H and O–H groups in total. The first-order valence-electron chi connectivity index (χ1n) is 6.55. The molecule has 2 aromatic carbocycles. The van der Waals surface area contributed by atoms with Gasteiger partial charge < -0.3 is 5.32 Å². The van der Waals surface area contributed by atoms with Gasteiger partial charge in [0.25, 0.3) is 0 Å². The summed E-state index contributed by atoms with van der Waals surface area (Å²) >= 11 is 6.13. The zero-order valence-electron chi connectivity index (χ0n) is 11.2. The van der Waals surface area contributed by atoms with Crippen LogP contribution in [0.4, 0.5) is 5.69 Å². The maximum absolute atomic E-state index is 6.13. The maximum atomic E-state index is 6.13. The minimum Gasteiger partial charge on any atom is -0.381 e. The minimum atomic E-state index is 0.775. The van der Waals surface area contributed by atoms with Crippen molar-refractivity contribution in [1.29, 1.82) is 0 Å². The lowest BCUT2D eigenvalue weighted by atomic mass is 10.1. The van der Waals surface area contributed by atoms with E-state index in [-0.39, 0.29) is 0 Å². The third-order valence-electron chi connectivity index (χ3n) is 3.37. The molecule has 20 heavy (non-hydrogen) atoms. The molecular weight excluding hydrogens is 268 g/mol. The van der Waals surface area contributed by atoms with Crippen LogP contribution in [0.3, 0.4) is 0 Å². The van der Waals surface area contributed by atoms with E-state index in [1.54, 1.807) is 0 Å². The van der Waals surface area contributed by atoms with Crippen LogP contribution in [-0.2, 0) is 6.54 Å². The SMILES string of the molecule is Cc1ccc(NCc2ccc3cnccc3c2)cc1Cl. The fraction of sp³-hybridized carbons (Fsp3) is 0.118. The highest BCUT2D eigenvalue weighted by Gasteiger charge is 1.99. The van der Waals surface area contributed by atoms with Crippen molar-refractivity contribution >= 4 is 28.1 Å². The zero-order valence-corrected chi connectivity index (χ0v) is 12.0. The fourth-order valence-corrected chi connectivity index (χ4v) is 2.33. The molecule has 2 nitrogen and oxygen atoms in total. The third kappa shape index (κ3) is 2.75. The normalized spacial score (nSPS) is 10.7. The number of aromatic nitrogens is 1. The summed E-state index contributed by atoms with van der Waals surface area (Å²) in [5, 5.41) is 6.56. The minimum absolute atomic E-state index is 0.775. The Hall–Kier alpha value is -2.06. The molecule has 100 valence electrons. The van der Waals surface area contributed by atoms with E-state index in [9.17, 15) is 0 Å². The second-order valence-corrected chi connectivity index (χ2v) is 5.28. The molecule has 0 aliphatic rings. The summed E-state index contributed by atoms with van der Waals surface area (Å²) in [6.45, 7) is 2.78. The van der Waals surface area contributed by atoms with Crippen LogP contribution in [0.25, 0.3) is 10.8 Å². The summed E-state index contributed by atoms with van der Waals surface area (Å²) < 4.78 is 0. The molecule has 3 aromatic rings. The van der Waals surface area contributed by atoms with E-state index >= 15 is 0 Å². The smallest absolute Gasteiger partial charge is 0.0455 e. The summed E-state index contributed by atoms with van der Waals surface area (Å²) in [7, 11) is 0. The first-order chi connectivity index (χ1) is 9.72. The predicted molar refractivity (Wildman–Crippen MR) is 85.3 cm³/mol. The summed E-state index contributed by atoms with van der Waals surface area (Å²) in [4.78, 5) is 4.12. The number of rotatable bonds is 3. The molecule has 0 saturated heterocycles. The van der Waals surface area contributed by atoms with Gasteiger partial charge in [-0.15, -0.1) is 0 Å². The Morgan fingerprint density at radius 1 is 1.05 bits per heavy atom. The predicted octanol–water partition coefficient (Wildman–Crippen LogP) is 4.81. The number of anilines is 1. The van der Waals surface area contributed by atoms with Crippen molar-refractivity contribution in [2.45, 2.75) is 13.5 Å². The monoisotopic (exact) mass is 282 g/mol. The van der Waals surface area contributed by atoms with Crippen LogP contribution in [-0.4, -0.2) is 4.98 Å². The van der Waals surface area contributed by atoms with Crippen molar-refractivity contribution in [1.82, 2.24) is 4.98 Å². The molecule has 1 aromatic heterocycles. The van der Waals surface area contributed by atoms with E-state index < -0.39 is 0 Å². The van der Waals surface area contributed by atoms with Crippen molar-refractivity contribution < 1.29 is 0 Å². The molecule has 0 fully saturated rings. The lowest BCUT2D eigenvalue weighted by molar-refractivity contribution is 1.15. The van der Waals surface area contributed by atoms with Gasteiger partial charge in [0.05, 0.1) is 0 Å². The summed E-state index contributed by atoms with van der Waals surface area (Å²) in [6.07, 6.45) is 3.70. The molecule has 0 unspecified atom stereocenters. The lowest BCUT2D eigenvalue weighted by Crippen LogP contribution is -1.99. The number of aryl methyl sites for hydroxylation is 1. The standard InChI is InChI=1S/C17H15ClN2/c1-12-2-5-16(9-17(12)18)20-10-13-3-4-15-11-19-7-6-14(15)8-13/h2-9,11,20H,10H2,1H3. The van der Waals surface area contributed by atoms with Crippen molar-refractivity contribution in [3.63, 3.8) is 0 Å². The van der Waals surface area contributed by atoms with Crippen LogP contribution in [0.5, 0.6) is 0 Å². The summed E-state index contributed by atoms with van der Waals surface area (Å²) in [6, 6.07) is 14.5. The average molecular weight is 283 g/mol. The van der Waals surface area contributed by atoms with E-state index in [2.05, 4.69) is 28.5 Å². The zero-order chi connectivity index (χ0) is 13.9. The van der Waals surface area contributed by atoms with Crippen molar-refractivity contribution in [3.05, 3.63) is 71.0 Å². The number of nitrogens with zero attached hydrogens (tertiary/aromatic N) is 1. The number of halogens is 1. The largest absolute Gasteiger partial charge is 0.381 e. The molecule has 0 amide bonds. The maximum Gasteiger partial charge on any atom is 0.0455 e. The Morgan fingerprint density at radius 3 is 2.80 bits per heavy atom. The van der Waals surface area contributed by atoms with Gasteiger partial charge in [0, 0.05) is 35.0 Å². The molecule has 0 atom stereocenters. The summed E-state index contributed by atoms with van der Waals surface area (Å²) in [5.41, 5.74) is 3.37. The molecular formula is C17H15ClN2. The van der Waals surface area contributed by atoms with Crippen LogP contribution in [0.1, 0.15) is 11.1 Å². The molecule has 0 saturated carbocycles. The van der Waals surface area contributed by atoms with Crippen molar-refractivity contribution in [2.24, 2.45) is 0 Å². The van der Waals surface area contributed by atoms with Gasteiger partial charge in [0.15, 0.2) is 0 Å². The van der Waals surface area contributed by atoms with Crippen LogP contribution in [0.2, 0.25) is 5.02 Å². The number of hydrogen-bond donors (Lipinski definition) is 1. The molecule has 3 rings (SSSR count). The third-order valence-corrected chi connectivity index (χ3v) is 3.78. The lowest BCUT2D eigenvalue weighted by Gasteiger charge is -2.09. The van der Waals surface area contributed by atoms with E-state index in [0.717, 1.165) is 28.2 Å². The first kappa shape index (κ1) is 12.9. The van der Waals surface area contributed by atoms with Crippen LogP contribution >= 0.6 is 11.6 Å². The van der Waals surface area contributed by atoms with E-state index in [0.29, 0.717) is 0 Å². The molecule has 1 heterocycles. The van der Waals surface area contributed by atoms with Crippen LogP contribution < -0.4 is 5.32 Å². The second kappa shape index (κ2) is 5.51. The van der Waals surface area contributed by atoms with Crippen LogP contribution in [0, 0.1) is 6.92 Å². The fourth-order valence-electron chi connectivity index (χ4n) is 2.15. The number of nitrogens with one attached hydrogen (secondary N) is 1. The molecule has 0 aliphatic heterocycles. The van der Waals surface area contributed by atoms with E-state index in [1.807, 2.05) is 43.6 Å². The number of benzene rings is 2. The Kier molecular flexibility index (Phi) is 3.57. The highest BCUT2D eigenvalue weighted by molar-refractivity contribution is 6.31. The number of fused-ring (bicyclic) bond motifs is 1. The van der Waals surface area contributed by atoms with Gasteiger partial charge in [-0.2, -0.15) is 0 Å². The Balaban J connectivity index is 1.77. The van der Waals surface area contributed by atoms with E-state index in [4.69, 9.17) is 11.6 Å². The van der Waals surface area contributed by atoms with Gasteiger partial charge in [-0.05, 0) is 47.7 Å². The molecule has 0 aliphatic carbocycles. The summed E-state index contributed by atoms with van der Waals surface area (Å²) in [5.74, 6) is 0. The highest BCUT2D eigenvalue weighted by Crippen LogP contribution is 2.21. The van der Waals surface area contributed by atoms with Gasteiger partial charge in [0.1, 0.15) is 0 Å².